The maximum atomic E-state index is 4.44. The zero-order chi connectivity index (χ0) is 13.9. The first-order valence-electron chi connectivity index (χ1n) is 8.29. The largest absolute Gasteiger partial charge is 0.313 e. The molecule has 1 saturated carbocycles. The highest BCUT2D eigenvalue weighted by Crippen LogP contribution is 2.34. The van der Waals surface area contributed by atoms with E-state index in [2.05, 4.69) is 41.6 Å². The van der Waals surface area contributed by atoms with Crippen LogP contribution in [0.5, 0.6) is 0 Å². The van der Waals surface area contributed by atoms with Gasteiger partial charge >= 0.3 is 0 Å². The molecular formula is C16H28N4. The van der Waals surface area contributed by atoms with Gasteiger partial charge in [-0.3, -0.25) is 9.58 Å². The molecule has 1 aliphatic heterocycles. The first-order valence-corrected chi connectivity index (χ1v) is 8.29. The highest BCUT2D eigenvalue weighted by molar-refractivity contribution is 5.11. The van der Waals surface area contributed by atoms with E-state index in [-0.39, 0.29) is 0 Å². The molecule has 1 aromatic heterocycles. The van der Waals surface area contributed by atoms with Crippen LogP contribution >= 0.6 is 0 Å². The third kappa shape index (κ3) is 3.23. The fourth-order valence-corrected chi connectivity index (χ4v) is 3.32. The molecule has 2 aliphatic rings. The summed E-state index contributed by atoms with van der Waals surface area (Å²) in [6.07, 6.45) is 11.1. The third-order valence-corrected chi connectivity index (χ3v) is 4.82. The van der Waals surface area contributed by atoms with E-state index < -0.39 is 0 Å². The van der Waals surface area contributed by atoms with E-state index in [9.17, 15) is 0 Å². The molecule has 1 aliphatic carbocycles. The zero-order valence-corrected chi connectivity index (χ0v) is 12.9. The fourth-order valence-electron chi connectivity index (χ4n) is 3.32. The van der Waals surface area contributed by atoms with E-state index in [0.29, 0.717) is 12.1 Å². The monoisotopic (exact) mass is 276 g/mol. The molecule has 0 spiro atoms. The average Bonchev–Trinajstić information content (AvgIpc) is 3.21. The minimum absolute atomic E-state index is 0.492. The van der Waals surface area contributed by atoms with Crippen molar-refractivity contribution < 1.29 is 0 Å². The number of hydrogen-bond acceptors (Lipinski definition) is 3. The Morgan fingerprint density at radius 1 is 1.40 bits per heavy atom. The summed E-state index contributed by atoms with van der Waals surface area (Å²) >= 11 is 0. The maximum Gasteiger partial charge on any atom is 0.0537 e. The second kappa shape index (κ2) is 6.27. The smallest absolute Gasteiger partial charge is 0.0537 e. The minimum Gasteiger partial charge on any atom is -0.313 e. The molecule has 0 bridgehead atoms. The average molecular weight is 276 g/mol. The molecule has 1 saturated heterocycles. The highest BCUT2D eigenvalue weighted by Gasteiger charge is 2.34. The molecule has 4 heteroatoms. The topological polar surface area (TPSA) is 33.1 Å². The van der Waals surface area contributed by atoms with Crippen molar-refractivity contribution in [1.29, 1.82) is 0 Å². The summed E-state index contributed by atoms with van der Waals surface area (Å²) in [4.78, 5) is 2.71. The summed E-state index contributed by atoms with van der Waals surface area (Å²) in [5.74, 6) is 0. The highest BCUT2D eigenvalue weighted by atomic mass is 15.3. The van der Waals surface area contributed by atoms with Crippen molar-refractivity contribution in [3.63, 3.8) is 0 Å². The molecule has 2 heterocycles. The normalized spacial score (nSPS) is 25.1. The lowest BCUT2D eigenvalue weighted by Gasteiger charge is -2.34. The molecule has 20 heavy (non-hydrogen) atoms. The SMILES string of the molecule is CCn1cc(C(C)N(CC2CCCCN2)C2CC2)cn1. The van der Waals surface area contributed by atoms with Gasteiger partial charge in [-0.1, -0.05) is 6.42 Å². The van der Waals surface area contributed by atoms with E-state index in [1.54, 1.807) is 0 Å². The Kier molecular flexibility index (Phi) is 4.41. The number of nitrogens with one attached hydrogen (secondary N) is 1. The lowest BCUT2D eigenvalue weighted by molar-refractivity contribution is 0.166. The molecule has 1 N–H and O–H groups in total. The lowest BCUT2D eigenvalue weighted by atomic mass is 10.0. The van der Waals surface area contributed by atoms with Gasteiger partial charge in [-0.2, -0.15) is 5.10 Å². The van der Waals surface area contributed by atoms with Crippen LogP contribution in [-0.4, -0.2) is 39.9 Å². The maximum absolute atomic E-state index is 4.44. The van der Waals surface area contributed by atoms with E-state index in [1.165, 1.54) is 50.8 Å². The quantitative estimate of drug-likeness (QED) is 0.867. The van der Waals surface area contributed by atoms with Crippen molar-refractivity contribution in [3.8, 4) is 0 Å². The Bertz CT molecular complexity index is 418. The van der Waals surface area contributed by atoms with Crippen molar-refractivity contribution in [1.82, 2.24) is 20.0 Å². The van der Waals surface area contributed by atoms with Gasteiger partial charge in [-0.05, 0) is 46.1 Å². The van der Waals surface area contributed by atoms with Crippen LogP contribution < -0.4 is 5.32 Å². The van der Waals surface area contributed by atoms with Gasteiger partial charge in [0.1, 0.15) is 0 Å². The van der Waals surface area contributed by atoms with Crippen LogP contribution in [0.3, 0.4) is 0 Å². The molecule has 1 aromatic rings. The molecule has 2 unspecified atom stereocenters. The van der Waals surface area contributed by atoms with Gasteiger partial charge in [-0.25, -0.2) is 0 Å². The molecule has 4 nitrogen and oxygen atoms in total. The Morgan fingerprint density at radius 3 is 2.85 bits per heavy atom. The Balaban J connectivity index is 1.65. The number of rotatable bonds is 6. The van der Waals surface area contributed by atoms with Crippen LogP contribution in [-0.2, 0) is 6.54 Å². The van der Waals surface area contributed by atoms with E-state index in [1.807, 2.05) is 4.68 Å². The van der Waals surface area contributed by atoms with Crippen molar-refractivity contribution in [2.24, 2.45) is 0 Å². The summed E-state index contributed by atoms with van der Waals surface area (Å²) in [6.45, 7) is 7.85. The van der Waals surface area contributed by atoms with Gasteiger partial charge in [0.2, 0.25) is 0 Å². The molecule has 0 amide bonds. The zero-order valence-electron chi connectivity index (χ0n) is 12.9. The third-order valence-electron chi connectivity index (χ3n) is 4.82. The number of nitrogens with zero attached hydrogens (tertiary/aromatic N) is 3. The summed E-state index contributed by atoms with van der Waals surface area (Å²) in [6, 6.07) is 1.98. The van der Waals surface area contributed by atoms with Crippen molar-refractivity contribution >= 4 is 0 Å². The van der Waals surface area contributed by atoms with Gasteiger partial charge in [0.05, 0.1) is 6.20 Å². The van der Waals surface area contributed by atoms with Gasteiger partial charge in [0.15, 0.2) is 0 Å². The first kappa shape index (κ1) is 14.1. The first-order chi connectivity index (χ1) is 9.78. The fraction of sp³-hybridized carbons (Fsp3) is 0.812. The molecule has 2 fully saturated rings. The Labute approximate surface area is 122 Å². The van der Waals surface area contributed by atoms with Crippen LogP contribution in [0, 0.1) is 0 Å². The van der Waals surface area contributed by atoms with Gasteiger partial charge in [-0.15, -0.1) is 0 Å². The van der Waals surface area contributed by atoms with Gasteiger partial charge in [0, 0.05) is 43.0 Å². The minimum atomic E-state index is 0.492. The van der Waals surface area contributed by atoms with Crippen molar-refractivity contribution in [3.05, 3.63) is 18.0 Å². The van der Waals surface area contributed by atoms with Gasteiger partial charge < -0.3 is 5.32 Å². The number of aryl methyl sites for hydroxylation is 1. The number of aromatic nitrogens is 2. The van der Waals surface area contributed by atoms with Crippen molar-refractivity contribution in [2.45, 2.75) is 70.6 Å². The lowest BCUT2D eigenvalue weighted by Crippen LogP contribution is -2.45. The summed E-state index contributed by atoms with van der Waals surface area (Å²) in [7, 11) is 0. The second-order valence-electron chi connectivity index (χ2n) is 6.38. The molecular weight excluding hydrogens is 248 g/mol. The molecule has 0 radical (unpaired) electrons. The number of hydrogen-bond donors (Lipinski definition) is 1. The van der Waals surface area contributed by atoms with Crippen LogP contribution in [0.15, 0.2) is 12.4 Å². The van der Waals surface area contributed by atoms with Crippen molar-refractivity contribution in [2.75, 3.05) is 13.1 Å². The van der Waals surface area contributed by atoms with Crippen LogP contribution in [0.2, 0.25) is 0 Å². The molecule has 3 rings (SSSR count). The van der Waals surface area contributed by atoms with E-state index >= 15 is 0 Å². The Morgan fingerprint density at radius 2 is 2.25 bits per heavy atom. The van der Waals surface area contributed by atoms with E-state index in [4.69, 9.17) is 0 Å². The van der Waals surface area contributed by atoms with E-state index in [0.717, 1.165) is 12.6 Å². The van der Waals surface area contributed by atoms with Gasteiger partial charge in [0.25, 0.3) is 0 Å². The summed E-state index contributed by atoms with van der Waals surface area (Å²) in [5.41, 5.74) is 1.37. The standard InChI is InChI=1S/C16H28N4/c1-3-19-11-14(10-18-19)13(2)20(16-7-8-16)12-15-6-4-5-9-17-15/h10-11,13,15-17H,3-9,12H2,1-2H3. The predicted molar refractivity (Wildman–Crippen MR) is 81.7 cm³/mol. The second-order valence-corrected chi connectivity index (χ2v) is 6.38. The summed E-state index contributed by atoms with van der Waals surface area (Å²) < 4.78 is 2.04. The van der Waals surface area contributed by atoms with Crippen LogP contribution in [0.1, 0.15) is 57.6 Å². The number of piperidine rings is 1. The predicted octanol–water partition coefficient (Wildman–Crippen LogP) is 2.57. The van der Waals surface area contributed by atoms with Crippen LogP contribution in [0.4, 0.5) is 0 Å². The molecule has 112 valence electrons. The summed E-state index contributed by atoms with van der Waals surface area (Å²) in [5, 5.41) is 8.13. The molecule has 0 aromatic carbocycles. The van der Waals surface area contributed by atoms with Crippen LogP contribution in [0.25, 0.3) is 0 Å². The Hall–Kier alpha value is -0.870. The molecule has 2 atom stereocenters.